The lowest BCUT2D eigenvalue weighted by Gasteiger charge is -2.44. The molecule has 1 aromatic heterocycles. The van der Waals surface area contributed by atoms with Crippen molar-refractivity contribution in [2.24, 2.45) is 0 Å². The molecule has 1 amide bonds. The second-order valence-electron chi connectivity index (χ2n) is 6.05. The van der Waals surface area contributed by atoms with Gasteiger partial charge in [0.05, 0.1) is 0 Å². The molecule has 128 valence electrons. The Hall–Kier alpha value is -2.21. The fourth-order valence-corrected chi connectivity index (χ4v) is 3.32. The monoisotopic (exact) mass is 328 g/mol. The normalized spacial score (nSPS) is 16.8. The number of carbonyl (C=O) groups excluding carboxylic acids is 1. The molecule has 0 unspecified atom stereocenters. The first-order valence-corrected chi connectivity index (χ1v) is 8.63. The van der Waals surface area contributed by atoms with E-state index >= 15 is 0 Å². The van der Waals surface area contributed by atoms with Gasteiger partial charge in [-0.15, -0.1) is 10.2 Å². The van der Waals surface area contributed by atoms with Crippen molar-refractivity contribution in [2.75, 3.05) is 18.0 Å². The summed E-state index contributed by atoms with van der Waals surface area (Å²) < 4.78 is 5.93. The van der Waals surface area contributed by atoms with Crippen LogP contribution >= 0.6 is 0 Å². The minimum Gasteiger partial charge on any atom is -0.423 e. The molecule has 0 saturated carbocycles. The molecule has 0 radical (unpaired) electrons. The first kappa shape index (κ1) is 16.6. The second-order valence-corrected chi connectivity index (χ2v) is 6.05. The van der Waals surface area contributed by atoms with Gasteiger partial charge in [0.15, 0.2) is 0 Å². The van der Waals surface area contributed by atoms with E-state index < -0.39 is 5.54 Å². The Morgan fingerprint density at radius 2 is 1.92 bits per heavy atom. The number of anilines is 1. The van der Waals surface area contributed by atoms with Gasteiger partial charge in [-0.25, -0.2) is 0 Å². The number of aromatic nitrogens is 2. The van der Waals surface area contributed by atoms with Crippen LogP contribution < -0.4 is 10.2 Å². The predicted octanol–water partition coefficient (Wildman–Crippen LogP) is 2.65. The Bertz CT molecular complexity index is 677. The molecule has 6 nitrogen and oxygen atoms in total. The third kappa shape index (κ3) is 2.94. The summed E-state index contributed by atoms with van der Waals surface area (Å²) in [7, 11) is 0. The van der Waals surface area contributed by atoms with E-state index in [2.05, 4.69) is 15.5 Å². The molecule has 2 aromatic rings. The van der Waals surface area contributed by atoms with E-state index in [-0.39, 0.29) is 5.91 Å². The van der Waals surface area contributed by atoms with Crippen LogP contribution in [-0.4, -0.2) is 29.2 Å². The lowest BCUT2D eigenvalue weighted by Crippen LogP contribution is -2.55. The molecule has 0 spiro atoms. The maximum atomic E-state index is 12.9. The van der Waals surface area contributed by atoms with Crippen LogP contribution in [0.1, 0.15) is 44.9 Å². The van der Waals surface area contributed by atoms with Crippen molar-refractivity contribution in [2.45, 2.75) is 45.1 Å². The fourth-order valence-electron chi connectivity index (χ4n) is 3.32. The summed E-state index contributed by atoms with van der Waals surface area (Å²) in [5.41, 5.74) is 0.294. The highest BCUT2D eigenvalue weighted by Crippen LogP contribution is 2.40. The molecule has 1 fully saturated rings. The average molecular weight is 328 g/mol. The van der Waals surface area contributed by atoms with Gasteiger partial charge in [0.25, 0.3) is 0 Å². The van der Waals surface area contributed by atoms with Crippen LogP contribution in [0.4, 0.5) is 5.69 Å². The number of hydrogen-bond donors (Lipinski definition) is 1. The molecule has 1 aliphatic rings. The molecule has 0 bridgehead atoms. The van der Waals surface area contributed by atoms with Crippen LogP contribution in [0.2, 0.25) is 0 Å². The number of hydrogen-bond acceptors (Lipinski definition) is 5. The highest BCUT2D eigenvalue weighted by molar-refractivity contribution is 5.94. The summed E-state index contributed by atoms with van der Waals surface area (Å²) in [4.78, 5) is 14.8. The first-order chi connectivity index (χ1) is 11.7. The van der Waals surface area contributed by atoms with E-state index in [1.165, 1.54) is 0 Å². The van der Waals surface area contributed by atoms with E-state index in [1.54, 1.807) is 0 Å². The Labute approximate surface area is 142 Å². The lowest BCUT2D eigenvalue weighted by atomic mass is 9.85. The number of piperidine rings is 1. The number of para-hydroxylation sites is 1. The van der Waals surface area contributed by atoms with Gasteiger partial charge in [0, 0.05) is 18.5 Å². The number of nitrogens with zero attached hydrogens (tertiary/aromatic N) is 3. The molecule has 6 heteroatoms. The Kier molecular flexibility index (Phi) is 4.94. The smallest absolute Gasteiger partial charge is 0.242 e. The topological polar surface area (TPSA) is 71.3 Å². The number of amides is 1. The molecule has 2 heterocycles. The number of rotatable bonds is 5. The molecule has 1 aromatic carbocycles. The molecule has 1 saturated heterocycles. The molecule has 3 rings (SSSR count). The Balaban J connectivity index is 2.12. The van der Waals surface area contributed by atoms with Gasteiger partial charge in [0.2, 0.25) is 17.7 Å². The highest BCUT2D eigenvalue weighted by atomic mass is 16.4. The lowest BCUT2D eigenvalue weighted by molar-refractivity contribution is -0.120. The summed E-state index contributed by atoms with van der Waals surface area (Å²) in [6.45, 7) is 5.49. The number of benzene rings is 1. The Morgan fingerprint density at radius 3 is 2.50 bits per heavy atom. The molecule has 0 atom stereocenters. The van der Waals surface area contributed by atoms with Crippen LogP contribution in [0.15, 0.2) is 34.7 Å². The van der Waals surface area contributed by atoms with E-state index in [1.807, 2.05) is 49.1 Å². The van der Waals surface area contributed by atoms with E-state index in [0.717, 1.165) is 31.6 Å². The van der Waals surface area contributed by atoms with Crippen molar-refractivity contribution in [3.05, 3.63) is 42.1 Å². The van der Waals surface area contributed by atoms with Crippen molar-refractivity contribution in [1.82, 2.24) is 15.5 Å². The minimum atomic E-state index is -0.583. The largest absolute Gasteiger partial charge is 0.423 e. The van der Waals surface area contributed by atoms with E-state index in [9.17, 15) is 4.79 Å². The zero-order valence-corrected chi connectivity index (χ0v) is 14.3. The summed E-state index contributed by atoms with van der Waals surface area (Å²) >= 11 is 0. The Morgan fingerprint density at radius 1 is 1.21 bits per heavy atom. The molecular weight excluding hydrogens is 304 g/mol. The summed E-state index contributed by atoms with van der Waals surface area (Å²) in [5, 5.41) is 11.8. The summed E-state index contributed by atoms with van der Waals surface area (Å²) in [6, 6.07) is 9.79. The van der Waals surface area contributed by atoms with E-state index in [4.69, 9.17) is 4.42 Å². The molecule has 0 aliphatic carbocycles. The third-order valence-electron chi connectivity index (χ3n) is 4.59. The zero-order valence-electron chi connectivity index (χ0n) is 14.3. The van der Waals surface area contributed by atoms with Crippen LogP contribution in [0, 0.1) is 0 Å². The van der Waals surface area contributed by atoms with Gasteiger partial charge in [0.1, 0.15) is 5.54 Å². The van der Waals surface area contributed by atoms with Crippen molar-refractivity contribution in [3.8, 4) is 0 Å². The van der Waals surface area contributed by atoms with Crippen molar-refractivity contribution in [1.29, 1.82) is 0 Å². The minimum absolute atomic E-state index is 0.0688. The molecular formula is C18H24N4O2. The van der Waals surface area contributed by atoms with Gasteiger partial charge in [-0.3, -0.25) is 9.69 Å². The standard InChI is InChI=1S/C18H24N4O2/c1-3-15-20-21-17(24-15)18(10-12-19-13-11-18)22(16(23)4-2)14-8-6-5-7-9-14/h5-9,19H,3-4,10-13H2,1-2H3. The van der Waals surface area contributed by atoms with Crippen molar-refractivity contribution in [3.63, 3.8) is 0 Å². The van der Waals surface area contributed by atoms with E-state index in [0.29, 0.717) is 24.6 Å². The van der Waals surface area contributed by atoms with Crippen LogP contribution in [0.5, 0.6) is 0 Å². The van der Waals surface area contributed by atoms with Crippen LogP contribution in [0.3, 0.4) is 0 Å². The molecule has 24 heavy (non-hydrogen) atoms. The fraction of sp³-hybridized carbons (Fsp3) is 0.500. The zero-order chi connectivity index (χ0) is 17.0. The van der Waals surface area contributed by atoms with Gasteiger partial charge in [-0.05, 0) is 38.1 Å². The summed E-state index contributed by atoms with van der Waals surface area (Å²) in [5.74, 6) is 1.23. The van der Waals surface area contributed by atoms with Gasteiger partial charge >= 0.3 is 0 Å². The SMILES string of the molecule is CCC(=O)N(c1ccccc1)C1(c2nnc(CC)o2)CCNCC1. The molecule has 1 N–H and O–H groups in total. The quantitative estimate of drug-likeness (QED) is 0.913. The number of nitrogens with one attached hydrogen (secondary N) is 1. The number of aryl methyl sites for hydroxylation is 1. The third-order valence-corrected chi connectivity index (χ3v) is 4.59. The molecule has 1 aliphatic heterocycles. The second kappa shape index (κ2) is 7.13. The highest BCUT2D eigenvalue weighted by Gasteiger charge is 2.47. The maximum absolute atomic E-state index is 12.9. The predicted molar refractivity (Wildman–Crippen MR) is 91.7 cm³/mol. The van der Waals surface area contributed by atoms with Crippen molar-refractivity contribution < 1.29 is 9.21 Å². The summed E-state index contributed by atoms with van der Waals surface area (Å²) in [6.07, 6.45) is 2.62. The van der Waals surface area contributed by atoms with Gasteiger partial charge < -0.3 is 9.73 Å². The average Bonchev–Trinajstić information content (AvgIpc) is 3.13. The first-order valence-electron chi connectivity index (χ1n) is 8.63. The van der Waals surface area contributed by atoms with Gasteiger partial charge in [-0.2, -0.15) is 0 Å². The van der Waals surface area contributed by atoms with Crippen LogP contribution in [-0.2, 0) is 16.8 Å². The van der Waals surface area contributed by atoms with Crippen molar-refractivity contribution >= 4 is 11.6 Å². The van der Waals surface area contributed by atoms with Crippen LogP contribution in [0.25, 0.3) is 0 Å². The number of carbonyl (C=O) groups is 1. The van der Waals surface area contributed by atoms with Gasteiger partial charge in [-0.1, -0.05) is 32.0 Å². The maximum Gasteiger partial charge on any atom is 0.242 e.